The van der Waals surface area contributed by atoms with Crippen molar-refractivity contribution in [2.75, 3.05) is 13.1 Å². The van der Waals surface area contributed by atoms with Gasteiger partial charge in [0.05, 0.1) is 6.10 Å². The average molecular weight is 286 g/mol. The van der Waals surface area contributed by atoms with Gasteiger partial charge in [-0.2, -0.15) is 0 Å². The van der Waals surface area contributed by atoms with Crippen molar-refractivity contribution in [1.82, 2.24) is 10.6 Å². The summed E-state index contributed by atoms with van der Waals surface area (Å²) < 4.78 is 9.74. The van der Waals surface area contributed by atoms with Crippen LogP contribution in [0.25, 0.3) is 0 Å². The summed E-state index contributed by atoms with van der Waals surface area (Å²) in [5.41, 5.74) is 0. The van der Waals surface area contributed by atoms with Gasteiger partial charge in [0.2, 0.25) is 0 Å². The van der Waals surface area contributed by atoms with Crippen LogP contribution in [0.1, 0.15) is 19.8 Å². The maximum Gasteiger partial charge on any atom is 0.330 e. The summed E-state index contributed by atoms with van der Waals surface area (Å²) >= 11 is 0. The number of hydrogen-bond acceptors (Lipinski definition) is 8. The summed E-state index contributed by atoms with van der Waals surface area (Å²) in [5.74, 6) is -1.76. The lowest BCUT2D eigenvalue weighted by Gasteiger charge is -2.15. The van der Waals surface area contributed by atoms with E-state index in [1.54, 1.807) is 0 Å². The molecule has 0 radical (unpaired) electrons. The fourth-order valence-electron chi connectivity index (χ4n) is 2.33. The molecule has 2 fully saturated rings. The molecule has 2 aliphatic rings. The number of β-amino-alcohol motifs (C(OH)–C–C–N with tert-alkyl or cyclic N) is 1. The van der Waals surface area contributed by atoms with Gasteiger partial charge in [-0.25, -0.2) is 4.79 Å². The second kappa shape index (κ2) is 6.29. The largest absolute Gasteiger partial charge is 0.460 e. The summed E-state index contributed by atoms with van der Waals surface area (Å²) in [6.45, 7) is 1.86. The van der Waals surface area contributed by atoms with Crippen molar-refractivity contribution >= 4 is 17.9 Å². The van der Waals surface area contributed by atoms with Gasteiger partial charge in [-0.1, -0.05) is 0 Å². The van der Waals surface area contributed by atoms with Crippen molar-refractivity contribution in [3.63, 3.8) is 0 Å². The summed E-state index contributed by atoms with van der Waals surface area (Å²) in [6.07, 6.45) is -0.374. The molecule has 112 valence electrons. The SMILES string of the molecule is CC(=O)OC(=O)[C@@H]1C[C@@H](OC(=O)[C@@H]2C[C@@H](O)CN2)CN1. The summed E-state index contributed by atoms with van der Waals surface area (Å²) in [5, 5.41) is 15.0. The van der Waals surface area contributed by atoms with Gasteiger partial charge in [0.15, 0.2) is 0 Å². The maximum atomic E-state index is 11.8. The van der Waals surface area contributed by atoms with E-state index in [0.29, 0.717) is 19.5 Å². The van der Waals surface area contributed by atoms with Crippen LogP contribution >= 0.6 is 0 Å². The Balaban J connectivity index is 1.77. The molecule has 0 aromatic rings. The third kappa shape index (κ3) is 3.75. The Bertz CT molecular complexity index is 413. The van der Waals surface area contributed by atoms with Gasteiger partial charge in [-0.3, -0.25) is 9.59 Å². The molecule has 2 rings (SSSR count). The van der Waals surface area contributed by atoms with Gasteiger partial charge in [0.1, 0.15) is 18.2 Å². The van der Waals surface area contributed by atoms with Crippen LogP contribution in [-0.4, -0.2) is 60.4 Å². The zero-order valence-electron chi connectivity index (χ0n) is 11.1. The van der Waals surface area contributed by atoms with Crippen LogP contribution in [-0.2, 0) is 23.9 Å². The molecule has 2 saturated heterocycles. The number of rotatable bonds is 3. The molecule has 0 aromatic carbocycles. The van der Waals surface area contributed by atoms with E-state index in [1.165, 1.54) is 0 Å². The topological polar surface area (TPSA) is 114 Å². The summed E-state index contributed by atoms with van der Waals surface area (Å²) in [7, 11) is 0. The molecular formula is C12H18N2O6. The molecule has 0 spiro atoms. The Labute approximate surface area is 115 Å². The van der Waals surface area contributed by atoms with Crippen LogP contribution in [0.4, 0.5) is 0 Å². The van der Waals surface area contributed by atoms with E-state index < -0.39 is 42.2 Å². The summed E-state index contributed by atoms with van der Waals surface area (Å²) in [6, 6.07) is -1.15. The fraction of sp³-hybridized carbons (Fsp3) is 0.750. The molecule has 8 nitrogen and oxygen atoms in total. The van der Waals surface area contributed by atoms with Gasteiger partial charge in [-0.15, -0.1) is 0 Å². The Morgan fingerprint density at radius 2 is 1.70 bits per heavy atom. The molecule has 2 aliphatic heterocycles. The highest BCUT2D eigenvalue weighted by molar-refractivity contribution is 5.87. The first-order chi connectivity index (χ1) is 9.45. The van der Waals surface area contributed by atoms with Gasteiger partial charge < -0.3 is 25.2 Å². The Morgan fingerprint density at radius 1 is 1.05 bits per heavy atom. The number of carbonyl (C=O) groups is 3. The Morgan fingerprint density at radius 3 is 2.30 bits per heavy atom. The number of nitrogens with one attached hydrogen (secondary N) is 2. The van der Waals surface area contributed by atoms with Crippen LogP contribution in [0.2, 0.25) is 0 Å². The highest BCUT2D eigenvalue weighted by atomic mass is 16.6. The fourth-order valence-corrected chi connectivity index (χ4v) is 2.33. The molecule has 0 aliphatic carbocycles. The van der Waals surface area contributed by atoms with Crippen LogP contribution < -0.4 is 10.6 Å². The van der Waals surface area contributed by atoms with Crippen molar-refractivity contribution in [3.05, 3.63) is 0 Å². The molecule has 0 bridgehead atoms. The minimum absolute atomic E-state index is 0.271. The summed E-state index contributed by atoms with van der Waals surface area (Å²) in [4.78, 5) is 34.0. The van der Waals surface area contributed by atoms with Crippen LogP contribution in [0, 0.1) is 0 Å². The van der Waals surface area contributed by atoms with Gasteiger partial charge in [-0.05, 0) is 0 Å². The predicted octanol–water partition coefficient (Wildman–Crippen LogP) is -1.93. The molecule has 20 heavy (non-hydrogen) atoms. The monoisotopic (exact) mass is 286 g/mol. The van der Waals surface area contributed by atoms with Crippen molar-refractivity contribution < 1.29 is 29.0 Å². The van der Waals surface area contributed by atoms with Crippen molar-refractivity contribution in [1.29, 1.82) is 0 Å². The second-order valence-electron chi connectivity index (χ2n) is 5.02. The molecule has 8 heteroatoms. The number of esters is 3. The lowest BCUT2D eigenvalue weighted by molar-refractivity contribution is -0.160. The lowest BCUT2D eigenvalue weighted by atomic mass is 10.2. The average Bonchev–Trinajstić information content (AvgIpc) is 2.97. The normalized spacial score (nSPS) is 32.9. The number of aliphatic hydroxyl groups excluding tert-OH is 1. The van der Waals surface area contributed by atoms with E-state index in [0.717, 1.165) is 6.92 Å². The highest BCUT2D eigenvalue weighted by Crippen LogP contribution is 2.15. The first-order valence-corrected chi connectivity index (χ1v) is 6.53. The zero-order valence-corrected chi connectivity index (χ0v) is 11.1. The van der Waals surface area contributed by atoms with Gasteiger partial charge in [0, 0.05) is 32.9 Å². The quantitative estimate of drug-likeness (QED) is 0.406. The van der Waals surface area contributed by atoms with E-state index in [9.17, 15) is 19.5 Å². The molecule has 2 heterocycles. The molecule has 3 N–H and O–H groups in total. The molecular weight excluding hydrogens is 268 g/mol. The Hall–Kier alpha value is -1.51. The van der Waals surface area contributed by atoms with Gasteiger partial charge in [0.25, 0.3) is 0 Å². The number of ether oxygens (including phenoxy) is 2. The minimum Gasteiger partial charge on any atom is -0.460 e. The first-order valence-electron chi connectivity index (χ1n) is 6.53. The van der Waals surface area contributed by atoms with E-state index >= 15 is 0 Å². The number of carbonyl (C=O) groups excluding carboxylic acids is 3. The van der Waals surface area contributed by atoms with Crippen molar-refractivity contribution in [2.45, 2.75) is 44.1 Å². The Kier molecular flexibility index (Phi) is 4.69. The van der Waals surface area contributed by atoms with E-state index in [2.05, 4.69) is 15.4 Å². The van der Waals surface area contributed by atoms with Crippen LogP contribution in [0.5, 0.6) is 0 Å². The second-order valence-corrected chi connectivity index (χ2v) is 5.02. The van der Waals surface area contributed by atoms with Crippen molar-refractivity contribution in [3.8, 4) is 0 Å². The zero-order chi connectivity index (χ0) is 14.7. The van der Waals surface area contributed by atoms with Gasteiger partial charge >= 0.3 is 17.9 Å². The lowest BCUT2D eigenvalue weighted by Crippen LogP contribution is -2.35. The number of aliphatic hydroxyl groups is 1. The highest BCUT2D eigenvalue weighted by Gasteiger charge is 2.36. The third-order valence-electron chi connectivity index (χ3n) is 3.29. The first kappa shape index (κ1) is 14.9. The molecule has 0 aromatic heterocycles. The maximum absolute atomic E-state index is 11.8. The van der Waals surface area contributed by atoms with Crippen molar-refractivity contribution in [2.24, 2.45) is 0 Å². The number of hydrogen-bond donors (Lipinski definition) is 3. The molecule has 0 saturated carbocycles. The van der Waals surface area contributed by atoms with E-state index in [1.807, 2.05) is 0 Å². The van der Waals surface area contributed by atoms with E-state index in [-0.39, 0.29) is 6.42 Å². The molecule has 4 atom stereocenters. The predicted molar refractivity (Wildman–Crippen MR) is 65.5 cm³/mol. The smallest absolute Gasteiger partial charge is 0.330 e. The van der Waals surface area contributed by atoms with Crippen LogP contribution in [0.3, 0.4) is 0 Å². The standard InChI is InChI=1S/C12H18N2O6/c1-6(15)19-11(17)10-3-8(5-14-10)20-12(18)9-2-7(16)4-13-9/h7-10,13-14,16H,2-5H2,1H3/t7-,8-,9+,10+/m1/s1. The third-order valence-corrected chi connectivity index (χ3v) is 3.29. The molecule has 0 unspecified atom stereocenters. The molecule has 0 amide bonds. The van der Waals surface area contributed by atoms with Crippen LogP contribution in [0.15, 0.2) is 0 Å². The van der Waals surface area contributed by atoms with E-state index in [4.69, 9.17) is 4.74 Å². The minimum atomic E-state index is -0.665.